The molecule has 5 heteroatoms. The van der Waals surface area contributed by atoms with Crippen molar-refractivity contribution < 1.29 is 9.47 Å². The number of ether oxygens (including phenoxy) is 2. The van der Waals surface area contributed by atoms with Crippen LogP contribution in [0.4, 0.5) is 0 Å². The normalized spacial score (nSPS) is 11.0. The lowest BCUT2D eigenvalue weighted by molar-refractivity contribution is 0.356. The summed E-state index contributed by atoms with van der Waals surface area (Å²) in [7, 11) is 3.25. The molecule has 0 spiro atoms. The van der Waals surface area contributed by atoms with Crippen LogP contribution in [0.25, 0.3) is 27.7 Å². The van der Waals surface area contributed by atoms with E-state index in [4.69, 9.17) is 9.47 Å². The van der Waals surface area contributed by atoms with Gasteiger partial charge in [-0.15, -0.1) is 0 Å². The Morgan fingerprint density at radius 1 is 0.913 bits per heavy atom. The van der Waals surface area contributed by atoms with E-state index < -0.39 is 0 Å². The Morgan fingerprint density at radius 3 is 2.39 bits per heavy atom. The SMILES string of the molecule is COc1cc2ncn3nc(-c4ccccc4)cc3c2cc1OC. The van der Waals surface area contributed by atoms with E-state index in [2.05, 4.69) is 16.1 Å². The fourth-order valence-corrected chi connectivity index (χ4v) is 2.73. The second-order valence-electron chi connectivity index (χ2n) is 5.19. The number of aromatic nitrogens is 3. The average molecular weight is 305 g/mol. The van der Waals surface area contributed by atoms with Gasteiger partial charge < -0.3 is 9.47 Å². The quantitative estimate of drug-likeness (QED) is 0.580. The van der Waals surface area contributed by atoms with Crippen LogP contribution >= 0.6 is 0 Å². The van der Waals surface area contributed by atoms with Crippen molar-refractivity contribution in [2.24, 2.45) is 0 Å². The highest BCUT2D eigenvalue weighted by molar-refractivity contribution is 5.96. The van der Waals surface area contributed by atoms with Gasteiger partial charge in [0.05, 0.1) is 30.9 Å². The van der Waals surface area contributed by atoms with Crippen LogP contribution < -0.4 is 9.47 Å². The van der Waals surface area contributed by atoms with Gasteiger partial charge in [0.2, 0.25) is 0 Å². The van der Waals surface area contributed by atoms with E-state index >= 15 is 0 Å². The third kappa shape index (κ3) is 2.17. The fraction of sp³-hybridized carbons (Fsp3) is 0.111. The third-order valence-corrected chi connectivity index (χ3v) is 3.89. The van der Waals surface area contributed by atoms with E-state index in [0.29, 0.717) is 11.5 Å². The second kappa shape index (κ2) is 5.28. The number of methoxy groups -OCH3 is 2. The van der Waals surface area contributed by atoms with Crippen LogP contribution in [-0.4, -0.2) is 28.8 Å². The second-order valence-corrected chi connectivity index (χ2v) is 5.19. The van der Waals surface area contributed by atoms with Gasteiger partial charge in [-0.1, -0.05) is 30.3 Å². The number of rotatable bonds is 3. The molecule has 114 valence electrons. The molecule has 0 aliphatic carbocycles. The van der Waals surface area contributed by atoms with Gasteiger partial charge in [-0.2, -0.15) is 5.10 Å². The highest BCUT2D eigenvalue weighted by atomic mass is 16.5. The van der Waals surface area contributed by atoms with Crippen molar-refractivity contribution in [1.82, 2.24) is 14.6 Å². The largest absolute Gasteiger partial charge is 0.493 e. The van der Waals surface area contributed by atoms with Gasteiger partial charge in [-0.05, 0) is 12.1 Å². The summed E-state index contributed by atoms with van der Waals surface area (Å²) in [5.74, 6) is 1.34. The maximum absolute atomic E-state index is 5.40. The van der Waals surface area contributed by atoms with Crippen LogP contribution in [0.15, 0.2) is 54.9 Å². The molecule has 2 aromatic heterocycles. The smallest absolute Gasteiger partial charge is 0.162 e. The lowest BCUT2D eigenvalue weighted by Gasteiger charge is -2.09. The first-order valence-corrected chi connectivity index (χ1v) is 7.25. The van der Waals surface area contributed by atoms with E-state index in [1.165, 1.54) is 0 Å². The molecular weight excluding hydrogens is 290 g/mol. The van der Waals surface area contributed by atoms with Crippen LogP contribution in [-0.2, 0) is 0 Å². The van der Waals surface area contributed by atoms with E-state index in [1.807, 2.05) is 42.5 Å². The molecule has 0 atom stereocenters. The van der Waals surface area contributed by atoms with Crippen molar-refractivity contribution in [3.63, 3.8) is 0 Å². The molecule has 0 N–H and O–H groups in total. The first kappa shape index (κ1) is 13.6. The topological polar surface area (TPSA) is 48.7 Å². The van der Waals surface area contributed by atoms with E-state index in [1.54, 1.807) is 25.1 Å². The Labute approximate surface area is 133 Å². The Bertz CT molecular complexity index is 993. The van der Waals surface area contributed by atoms with Gasteiger partial charge in [0.25, 0.3) is 0 Å². The maximum atomic E-state index is 5.40. The number of hydrogen-bond acceptors (Lipinski definition) is 4. The fourth-order valence-electron chi connectivity index (χ4n) is 2.73. The summed E-state index contributed by atoms with van der Waals surface area (Å²) >= 11 is 0. The highest BCUT2D eigenvalue weighted by Gasteiger charge is 2.12. The van der Waals surface area contributed by atoms with Gasteiger partial charge >= 0.3 is 0 Å². The lowest BCUT2D eigenvalue weighted by atomic mass is 10.1. The minimum atomic E-state index is 0.666. The third-order valence-electron chi connectivity index (χ3n) is 3.89. The van der Waals surface area contributed by atoms with Crippen molar-refractivity contribution >= 4 is 16.4 Å². The van der Waals surface area contributed by atoms with Crippen molar-refractivity contribution in [3.8, 4) is 22.8 Å². The molecule has 0 aliphatic rings. The summed E-state index contributed by atoms with van der Waals surface area (Å²) in [6.07, 6.45) is 1.72. The minimum Gasteiger partial charge on any atom is -0.493 e. The minimum absolute atomic E-state index is 0.666. The molecule has 0 saturated heterocycles. The van der Waals surface area contributed by atoms with Crippen molar-refractivity contribution in [1.29, 1.82) is 0 Å². The molecule has 2 heterocycles. The van der Waals surface area contributed by atoms with Crippen LogP contribution in [0.1, 0.15) is 0 Å². The summed E-state index contributed by atoms with van der Waals surface area (Å²) in [6, 6.07) is 16.0. The van der Waals surface area contributed by atoms with Gasteiger partial charge in [0, 0.05) is 17.0 Å². The molecule has 0 unspecified atom stereocenters. The zero-order valence-corrected chi connectivity index (χ0v) is 12.9. The molecule has 5 nitrogen and oxygen atoms in total. The zero-order chi connectivity index (χ0) is 15.8. The number of fused-ring (bicyclic) bond motifs is 3. The average Bonchev–Trinajstić information content (AvgIpc) is 3.06. The predicted molar refractivity (Wildman–Crippen MR) is 89.0 cm³/mol. The number of benzene rings is 2. The molecule has 0 bridgehead atoms. The molecule has 0 fully saturated rings. The molecule has 4 aromatic rings. The van der Waals surface area contributed by atoms with Crippen molar-refractivity contribution in [2.75, 3.05) is 14.2 Å². The summed E-state index contributed by atoms with van der Waals surface area (Å²) in [4.78, 5) is 4.47. The Hall–Kier alpha value is -3.08. The first-order valence-electron chi connectivity index (χ1n) is 7.25. The van der Waals surface area contributed by atoms with Gasteiger partial charge in [0.15, 0.2) is 11.5 Å². The van der Waals surface area contributed by atoms with Gasteiger partial charge in [0.1, 0.15) is 6.33 Å². The van der Waals surface area contributed by atoms with Crippen molar-refractivity contribution in [3.05, 3.63) is 54.9 Å². The summed E-state index contributed by atoms with van der Waals surface area (Å²) in [5, 5.41) is 5.59. The zero-order valence-electron chi connectivity index (χ0n) is 12.9. The molecule has 23 heavy (non-hydrogen) atoms. The van der Waals surface area contributed by atoms with Crippen LogP contribution in [0, 0.1) is 0 Å². The molecule has 0 amide bonds. The van der Waals surface area contributed by atoms with E-state index in [-0.39, 0.29) is 0 Å². The molecule has 2 aromatic carbocycles. The molecule has 0 radical (unpaired) electrons. The predicted octanol–water partition coefficient (Wildman–Crippen LogP) is 3.57. The highest BCUT2D eigenvalue weighted by Crippen LogP contribution is 2.33. The Balaban J connectivity index is 1.99. The van der Waals surface area contributed by atoms with E-state index in [9.17, 15) is 0 Å². The summed E-state index contributed by atoms with van der Waals surface area (Å²) < 4.78 is 12.5. The number of nitrogens with zero attached hydrogens (tertiary/aromatic N) is 3. The van der Waals surface area contributed by atoms with Crippen LogP contribution in [0.3, 0.4) is 0 Å². The van der Waals surface area contributed by atoms with Crippen LogP contribution in [0.5, 0.6) is 11.5 Å². The molecule has 0 saturated carbocycles. The molecule has 0 aliphatic heterocycles. The van der Waals surface area contributed by atoms with Crippen LogP contribution in [0.2, 0.25) is 0 Å². The Kier molecular flexibility index (Phi) is 3.12. The monoisotopic (exact) mass is 305 g/mol. The molecular formula is C18H15N3O2. The number of hydrogen-bond donors (Lipinski definition) is 0. The molecule has 4 rings (SSSR count). The first-order chi connectivity index (χ1) is 11.3. The summed E-state index contributed by atoms with van der Waals surface area (Å²) in [5.41, 5.74) is 3.81. The Morgan fingerprint density at radius 2 is 1.65 bits per heavy atom. The van der Waals surface area contributed by atoms with E-state index in [0.717, 1.165) is 27.7 Å². The summed E-state index contributed by atoms with van der Waals surface area (Å²) in [6.45, 7) is 0. The van der Waals surface area contributed by atoms with Crippen molar-refractivity contribution in [2.45, 2.75) is 0 Å². The lowest BCUT2D eigenvalue weighted by Crippen LogP contribution is -1.94. The van der Waals surface area contributed by atoms with Gasteiger partial charge in [-0.3, -0.25) is 0 Å². The standard InChI is InChI=1S/C18H15N3O2/c1-22-17-8-13-15(10-18(17)23-2)19-11-21-16(13)9-14(20-21)12-6-4-3-5-7-12/h3-11H,1-2H3. The van der Waals surface area contributed by atoms with Gasteiger partial charge in [-0.25, -0.2) is 9.50 Å². The maximum Gasteiger partial charge on any atom is 0.162 e.